The van der Waals surface area contributed by atoms with Gasteiger partial charge in [-0.15, -0.1) is 0 Å². The highest BCUT2D eigenvalue weighted by Gasteiger charge is 2.22. The third-order valence-electron chi connectivity index (χ3n) is 3.74. The van der Waals surface area contributed by atoms with E-state index in [0.717, 1.165) is 24.3 Å². The summed E-state index contributed by atoms with van der Waals surface area (Å²) in [6.07, 6.45) is 6.05. The van der Waals surface area contributed by atoms with Crippen LogP contribution in [0.5, 0.6) is 0 Å². The number of nitrogens with one attached hydrogen (secondary N) is 2. The predicted octanol–water partition coefficient (Wildman–Crippen LogP) is 3.72. The number of anilines is 1. The van der Waals surface area contributed by atoms with E-state index in [1.807, 2.05) is 30.5 Å². The number of thioether (sulfide) groups is 1. The number of carbonyl (C=O) groups excluding carboxylic acids is 2. The van der Waals surface area contributed by atoms with Crippen LogP contribution < -0.4 is 10.6 Å². The summed E-state index contributed by atoms with van der Waals surface area (Å²) in [5.74, 6) is 0.360. The lowest BCUT2D eigenvalue weighted by Crippen LogP contribution is -2.44. The van der Waals surface area contributed by atoms with Crippen LogP contribution in [0, 0.1) is 0 Å². The molecule has 2 amide bonds. The molecule has 2 rings (SSSR count). The predicted molar refractivity (Wildman–Crippen MR) is 102 cm³/mol. The Kier molecular flexibility index (Phi) is 7.60. The minimum atomic E-state index is -0.611. The third kappa shape index (κ3) is 5.98. The molecule has 25 heavy (non-hydrogen) atoms. The molecule has 0 aliphatic rings. The molecule has 1 aromatic carbocycles. The molecule has 1 atom stereocenters. The summed E-state index contributed by atoms with van der Waals surface area (Å²) in [6.45, 7) is 2.13. The Morgan fingerprint density at radius 1 is 1.20 bits per heavy atom. The fourth-order valence-electron chi connectivity index (χ4n) is 2.41. The van der Waals surface area contributed by atoms with E-state index in [1.165, 1.54) is 11.8 Å². The van der Waals surface area contributed by atoms with Gasteiger partial charge in [0.25, 0.3) is 5.91 Å². The van der Waals surface area contributed by atoms with Crippen LogP contribution in [0.15, 0.2) is 47.1 Å². The van der Waals surface area contributed by atoms with Crippen molar-refractivity contribution in [3.8, 4) is 0 Å². The molecule has 6 heteroatoms. The Bertz CT molecular complexity index is 668. The summed E-state index contributed by atoms with van der Waals surface area (Å²) in [5.41, 5.74) is 1.97. The van der Waals surface area contributed by atoms with E-state index < -0.39 is 6.04 Å². The first-order valence-corrected chi connectivity index (χ1v) is 9.76. The standard InChI is InChI=1S/C19H24N2O3S/c1-3-5-14-7-9-15(10-8-14)20-18(22)16(11-13-25-2)21-19(23)17-6-4-12-24-17/h4,6-10,12,16H,3,5,11,13H2,1-2H3,(H,20,22)(H,21,23). The molecule has 0 saturated carbocycles. The molecule has 0 bridgehead atoms. The summed E-state index contributed by atoms with van der Waals surface area (Å²) < 4.78 is 5.09. The molecule has 134 valence electrons. The number of furan rings is 1. The molecule has 1 unspecified atom stereocenters. The lowest BCUT2D eigenvalue weighted by molar-refractivity contribution is -0.118. The SMILES string of the molecule is CCCc1ccc(NC(=O)C(CCSC)NC(=O)c2ccco2)cc1. The first-order valence-electron chi connectivity index (χ1n) is 8.37. The molecule has 0 spiro atoms. The third-order valence-corrected chi connectivity index (χ3v) is 4.38. The Morgan fingerprint density at radius 2 is 1.96 bits per heavy atom. The normalized spacial score (nSPS) is 11.8. The monoisotopic (exact) mass is 360 g/mol. The van der Waals surface area contributed by atoms with E-state index in [0.29, 0.717) is 6.42 Å². The van der Waals surface area contributed by atoms with Gasteiger partial charge >= 0.3 is 0 Å². The van der Waals surface area contributed by atoms with E-state index in [9.17, 15) is 9.59 Å². The van der Waals surface area contributed by atoms with Crippen LogP contribution in [-0.4, -0.2) is 29.9 Å². The van der Waals surface area contributed by atoms with Gasteiger partial charge in [0, 0.05) is 5.69 Å². The summed E-state index contributed by atoms with van der Waals surface area (Å²) >= 11 is 1.63. The van der Waals surface area contributed by atoms with Gasteiger partial charge in [0.1, 0.15) is 6.04 Å². The topological polar surface area (TPSA) is 71.3 Å². The molecule has 5 nitrogen and oxygen atoms in total. The average Bonchev–Trinajstić information content (AvgIpc) is 3.15. The van der Waals surface area contributed by atoms with Crippen LogP contribution in [0.1, 0.15) is 35.9 Å². The number of amides is 2. The van der Waals surface area contributed by atoms with E-state index in [4.69, 9.17) is 4.42 Å². The fraction of sp³-hybridized carbons (Fsp3) is 0.368. The van der Waals surface area contributed by atoms with Gasteiger partial charge in [-0.3, -0.25) is 9.59 Å². The minimum absolute atomic E-state index is 0.200. The van der Waals surface area contributed by atoms with Crippen molar-refractivity contribution in [1.29, 1.82) is 0 Å². The van der Waals surface area contributed by atoms with Crippen molar-refractivity contribution < 1.29 is 14.0 Å². The van der Waals surface area contributed by atoms with Gasteiger partial charge in [-0.25, -0.2) is 0 Å². The highest BCUT2D eigenvalue weighted by molar-refractivity contribution is 7.98. The summed E-state index contributed by atoms with van der Waals surface area (Å²) in [7, 11) is 0. The zero-order valence-electron chi connectivity index (χ0n) is 14.6. The molecular weight excluding hydrogens is 336 g/mol. The van der Waals surface area contributed by atoms with Crippen LogP contribution in [0.3, 0.4) is 0 Å². The Labute approximate surface area is 152 Å². The molecular formula is C19H24N2O3S. The molecule has 0 aliphatic carbocycles. The maximum atomic E-state index is 12.6. The Hall–Kier alpha value is -2.21. The van der Waals surface area contributed by atoms with Gasteiger partial charge in [-0.1, -0.05) is 25.5 Å². The highest BCUT2D eigenvalue weighted by Crippen LogP contribution is 2.13. The zero-order valence-corrected chi connectivity index (χ0v) is 15.4. The zero-order chi connectivity index (χ0) is 18.1. The van der Waals surface area contributed by atoms with Gasteiger partial charge in [-0.2, -0.15) is 11.8 Å². The second kappa shape index (κ2) is 9.93. The number of rotatable bonds is 9. The molecule has 1 heterocycles. The van der Waals surface area contributed by atoms with Gasteiger partial charge in [0.05, 0.1) is 6.26 Å². The van der Waals surface area contributed by atoms with E-state index in [2.05, 4.69) is 17.6 Å². The first kappa shape index (κ1) is 19.1. The summed E-state index contributed by atoms with van der Waals surface area (Å²) in [4.78, 5) is 24.7. The lowest BCUT2D eigenvalue weighted by Gasteiger charge is -2.17. The minimum Gasteiger partial charge on any atom is -0.459 e. The van der Waals surface area contributed by atoms with E-state index >= 15 is 0 Å². The summed E-state index contributed by atoms with van der Waals surface area (Å²) in [5, 5.41) is 5.63. The lowest BCUT2D eigenvalue weighted by atomic mass is 10.1. The van der Waals surface area contributed by atoms with Crippen LogP contribution >= 0.6 is 11.8 Å². The molecule has 0 fully saturated rings. The van der Waals surface area contributed by atoms with Crippen molar-refractivity contribution in [3.63, 3.8) is 0 Å². The molecule has 2 aromatic rings. The number of carbonyl (C=O) groups is 2. The van der Waals surface area contributed by atoms with Crippen molar-refractivity contribution >= 4 is 29.3 Å². The number of hydrogen-bond donors (Lipinski definition) is 2. The van der Waals surface area contributed by atoms with Crippen molar-refractivity contribution in [3.05, 3.63) is 54.0 Å². The molecule has 2 N–H and O–H groups in total. The van der Waals surface area contributed by atoms with Gasteiger partial charge < -0.3 is 15.1 Å². The van der Waals surface area contributed by atoms with Gasteiger partial charge in [0.15, 0.2) is 5.76 Å². The molecule has 0 radical (unpaired) electrons. The number of aryl methyl sites for hydroxylation is 1. The van der Waals surface area contributed by atoms with Crippen LogP contribution in [0.2, 0.25) is 0 Å². The van der Waals surface area contributed by atoms with E-state index in [1.54, 1.807) is 23.9 Å². The van der Waals surface area contributed by atoms with Crippen molar-refractivity contribution in [2.24, 2.45) is 0 Å². The smallest absolute Gasteiger partial charge is 0.287 e. The van der Waals surface area contributed by atoms with Crippen molar-refractivity contribution in [2.75, 3.05) is 17.3 Å². The second-order valence-electron chi connectivity index (χ2n) is 5.72. The van der Waals surface area contributed by atoms with Crippen LogP contribution in [0.25, 0.3) is 0 Å². The molecule has 0 saturated heterocycles. The maximum Gasteiger partial charge on any atom is 0.287 e. The number of benzene rings is 1. The van der Waals surface area contributed by atoms with Crippen molar-refractivity contribution in [2.45, 2.75) is 32.2 Å². The van der Waals surface area contributed by atoms with Crippen LogP contribution in [0.4, 0.5) is 5.69 Å². The fourth-order valence-corrected chi connectivity index (χ4v) is 2.89. The maximum absolute atomic E-state index is 12.6. The Morgan fingerprint density at radius 3 is 2.56 bits per heavy atom. The average molecular weight is 360 g/mol. The largest absolute Gasteiger partial charge is 0.459 e. The molecule has 1 aromatic heterocycles. The Balaban J connectivity index is 2.00. The summed E-state index contributed by atoms with van der Waals surface area (Å²) in [6, 6.07) is 10.4. The quantitative estimate of drug-likeness (QED) is 0.715. The highest BCUT2D eigenvalue weighted by atomic mass is 32.2. The first-order chi connectivity index (χ1) is 12.1. The second-order valence-corrected chi connectivity index (χ2v) is 6.71. The number of hydrogen-bond acceptors (Lipinski definition) is 4. The van der Waals surface area contributed by atoms with Gasteiger partial charge in [-0.05, 0) is 54.7 Å². The van der Waals surface area contributed by atoms with Crippen LogP contribution in [-0.2, 0) is 11.2 Å². The molecule has 0 aliphatic heterocycles. The van der Waals surface area contributed by atoms with Gasteiger partial charge in [0.2, 0.25) is 5.91 Å². The van der Waals surface area contributed by atoms with E-state index in [-0.39, 0.29) is 17.6 Å². The van der Waals surface area contributed by atoms with Crippen molar-refractivity contribution in [1.82, 2.24) is 5.32 Å².